The first kappa shape index (κ1) is 29.6. The molecule has 0 atom stereocenters. The largest absolute Gasteiger partial charge is 2.00 e. The van der Waals surface area contributed by atoms with Crippen LogP contribution >= 0.6 is 10.7 Å². The van der Waals surface area contributed by atoms with Crippen molar-refractivity contribution >= 4 is 64.1 Å². The fourth-order valence-corrected chi connectivity index (χ4v) is 5.59. The standard InChI is InChI=1S/C32H18N8.ClHO3S.Ni/c1-2-10-18-17(9-1)25-33-26(18)38-28-21-13-5-6-14-22(21)30(35-28)40-32-24-16-8-7-15-23(24)31(36-32)39-29-20-12-4-3-11-19(20)27(34-29)37-25;1-5(2,3)4;/h1-16H,(H2,33,34,35,36,37,38,39,40);(H,2,3,4);/q;;+2. The normalized spacial score (nSPS) is 11.7. The number of aromatic amines is 2. The molecule has 0 saturated carbocycles. The molecule has 0 spiro atoms. The van der Waals surface area contributed by atoms with Crippen LogP contribution in [0.2, 0.25) is 0 Å². The van der Waals surface area contributed by atoms with Crippen LogP contribution < -0.4 is 0 Å². The molecular formula is C32H19ClN8NiO3S+2. The van der Waals surface area contributed by atoms with Crippen LogP contribution in [0, 0.1) is 0 Å². The molecule has 0 radical (unpaired) electrons. The average molecular weight is 690 g/mol. The Kier molecular flexibility index (Phi) is 7.33. The van der Waals surface area contributed by atoms with Crippen molar-refractivity contribution in [2.45, 2.75) is 0 Å². The van der Waals surface area contributed by atoms with Crippen LogP contribution in [0.25, 0.3) is 89.7 Å². The zero-order chi connectivity index (χ0) is 30.7. The first-order valence-electron chi connectivity index (χ1n) is 13.7. The Hall–Kier alpha value is -5.07. The number of hydrogen-bond donors (Lipinski definition) is 3. The van der Waals surface area contributed by atoms with E-state index >= 15 is 0 Å². The number of nitrogens with one attached hydrogen (secondary N) is 2. The fourth-order valence-electron chi connectivity index (χ4n) is 5.59. The van der Waals surface area contributed by atoms with Crippen molar-refractivity contribution in [1.82, 2.24) is 39.9 Å². The Morgan fingerprint density at radius 1 is 0.457 bits per heavy atom. The second-order valence-corrected chi connectivity index (χ2v) is 12.2. The molecule has 46 heavy (non-hydrogen) atoms. The van der Waals surface area contributed by atoms with Gasteiger partial charge in [-0.1, -0.05) is 97.1 Å². The second kappa shape index (κ2) is 11.4. The molecule has 0 saturated heterocycles. The van der Waals surface area contributed by atoms with Crippen molar-refractivity contribution < 1.29 is 29.5 Å². The zero-order valence-electron chi connectivity index (χ0n) is 23.3. The van der Waals surface area contributed by atoms with Crippen molar-refractivity contribution in [3.63, 3.8) is 0 Å². The first-order valence-corrected chi connectivity index (χ1v) is 15.9. The molecule has 3 N–H and O–H groups in total. The van der Waals surface area contributed by atoms with Crippen molar-refractivity contribution in [2.75, 3.05) is 0 Å². The molecule has 0 amide bonds. The third kappa shape index (κ3) is 5.29. The average Bonchev–Trinajstić information content (AvgIpc) is 3.76. The molecule has 3 aromatic heterocycles. The fraction of sp³-hybridized carbons (Fsp3) is 0. The van der Waals surface area contributed by atoms with Crippen molar-refractivity contribution in [2.24, 2.45) is 0 Å². The van der Waals surface area contributed by atoms with Gasteiger partial charge in [0.1, 0.15) is 22.6 Å². The van der Waals surface area contributed by atoms with Gasteiger partial charge in [-0.15, -0.1) is 0 Å². The van der Waals surface area contributed by atoms with Crippen molar-refractivity contribution in [3.05, 3.63) is 97.1 Å². The quantitative estimate of drug-likeness (QED) is 0.0874. The van der Waals surface area contributed by atoms with Gasteiger partial charge in [-0.2, -0.15) is 8.42 Å². The molecule has 4 aromatic carbocycles. The molecule has 11 nitrogen and oxygen atoms in total. The molecule has 0 fully saturated rings. The Morgan fingerprint density at radius 2 is 0.674 bits per heavy atom. The predicted molar refractivity (Wildman–Crippen MR) is 173 cm³/mol. The maximum Gasteiger partial charge on any atom is 2.00 e. The number of hydrogen-bond acceptors (Lipinski definition) is 8. The summed E-state index contributed by atoms with van der Waals surface area (Å²) >= 11 is 0. The first-order chi connectivity index (χ1) is 21.8. The Morgan fingerprint density at radius 3 is 0.913 bits per heavy atom. The maximum atomic E-state index is 8.95. The van der Waals surface area contributed by atoms with Crippen LogP contribution in [0.5, 0.6) is 0 Å². The van der Waals surface area contributed by atoms with E-state index in [1.165, 1.54) is 0 Å². The van der Waals surface area contributed by atoms with E-state index in [0.29, 0.717) is 45.9 Å². The van der Waals surface area contributed by atoms with E-state index in [1.807, 2.05) is 97.1 Å². The summed E-state index contributed by atoms with van der Waals surface area (Å²) in [6.45, 7) is 0. The number of rotatable bonds is 0. The van der Waals surface area contributed by atoms with Gasteiger partial charge in [0, 0.05) is 54.5 Å². The summed E-state index contributed by atoms with van der Waals surface area (Å²) < 4.78 is 25.2. The molecule has 0 unspecified atom stereocenters. The number of fused-ring (bicyclic) bond motifs is 20. The van der Waals surface area contributed by atoms with E-state index in [-0.39, 0.29) is 16.5 Å². The molecule has 5 heterocycles. The summed E-state index contributed by atoms with van der Waals surface area (Å²) in [5.41, 5.74) is 6.45. The van der Waals surface area contributed by atoms with E-state index in [4.69, 9.17) is 42.9 Å². The van der Waals surface area contributed by atoms with E-state index in [9.17, 15) is 0 Å². The maximum absolute atomic E-state index is 8.95. The Labute approximate surface area is 275 Å². The van der Waals surface area contributed by atoms with Gasteiger partial charge in [-0.3, -0.25) is 4.55 Å². The van der Waals surface area contributed by atoms with Gasteiger partial charge >= 0.3 is 25.8 Å². The van der Waals surface area contributed by atoms with Crippen LogP contribution in [-0.4, -0.2) is 52.8 Å². The van der Waals surface area contributed by atoms with Gasteiger partial charge in [-0.25, -0.2) is 29.9 Å². The summed E-state index contributed by atoms with van der Waals surface area (Å²) in [6, 6.07) is 32.2. The molecule has 8 bridgehead atoms. The molecule has 226 valence electrons. The van der Waals surface area contributed by atoms with Crippen LogP contribution in [0.15, 0.2) is 97.1 Å². The van der Waals surface area contributed by atoms with E-state index in [1.54, 1.807) is 0 Å². The number of aromatic nitrogens is 8. The summed E-state index contributed by atoms with van der Waals surface area (Å²) in [5, 5.41) is 3.82. The molecule has 2 aliphatic heterocycles. The van der Waals surface area contributed by atoms with Gasteiger partial charge in [0.15, 0.2) is 23.3 Å². The monoisotopic (exact) mass is 688 g/mol. The van der Waals surface area contributed by atoms with Crippen LogP contribution in [0.4, 0.5) is 0 Å². The van der Waals surface area contributed by atoms with Crippen LogP contribution in [-0.2, 0) is 25.8 Å². The minimum Gasteiger partial charge on any atom is -0.324 e. The molecule has 14 heteroatoms. The summed E-state index contributed by atoms with van der Waals surface area (Å²) in [6.07, 6.45) is 0. The predicted octanol–water partition coefficient (Wildman–Crippen LogP) is 6.89. The van der Waals surface area contributed by atoms with E-state index in [0.717, 1.165) is 43.8 Å². The third-order valence-electron chi connectivity index (χ3n) is 7.46. The van der Waals surface area contributed by atoms with E-state index in [2.05, 4.69) is 20.7 Å². The zero-order valence-corrected chi connectivity index (χ0v) is 25.8. The van der Waals surface area contributed by atoms with Crippen LogP contribution in [0.3, 0.4) is 0 Å². The van der Waals surface area contributed by atoms with Crippen LogP contribution in [0.1, 0.15) is 0 Å². The number of nitrogens with zero attached hydrogens (tertiary/aromatic N) is 6. The van der Waals surface area contributed by atoms with Crippen molar-refractivity contribution in [1.29, 1.82) is 0 Å². The summed E-state index contributed by atoms with van der Waals surface area (Å²) in [5.74, 6) is 2.39. The number of benzene rings is 4. The Bertz CT molecular complexity index is 2300. The molecular weight excluding hydrogens is 671 g/mol. The number of halogens is 1. The topological polar surface area (TPSA) is 163 Å². The smallest absolute Gasteiger partial charge is 0.324 e. The summed E-state index contributed by atoms with van der Waals surface area (Å²) in [4.78, 5) is 36.8. The van der Waals surface area contributed by atoms with Gasteiger partial charge in [-0.05, 0) is 0 Å². The van der Waals surface area contributed by atoms with Gasteiger partial charge in [0.25, 0.3) is 0 Å². The molecule has 7 aromatic rings. The van der Waals surface area contributed by atoms with Gasteiger partial charge in [0.05, 0.1) is 0 Å². The van der Waals surface area contributed by atoms with E-state index < -0.39 is 9.33 Å². The summed E-state index contributed by atoms with van der Waals surface area (Å²) in [7, 11) is -0.137. The van der Waals surface area contributed by atoms with Gasteiger partial charge in [0.2, 0.25) is 0 Å². The minimum absolute atomic E-state index is 0. The molecule has 9 rings (SSSR count). The second-order valence-electron chi connectivity index (χ2n) is 10.2. The van der Waals surface area contributed by atoms with Crippen molar-refractivity contribution in [3.8, 4) is 45.6 Å². The molecule has 2 aliphatic rings. The van der Waals surface area contributed by atoms with Gasteiger partial charge < -0.3 is 9.97 Å². The SMILES string of the molecule is O=S(=O)(O)Cl.[Ni+2].c1ccc2c(c1)-c1nc-2nc2[nH]c(nc3nc(nc4[nH]c(n1)c1ccccc41)-c1ccccc1-3)c1ccccc21. The number of H-pyrrole nitrogens is 2. The molecule has 0 aliphatic carbocycles. The Balaban J connectivity index is 0.000000526. The minimum atomic E-state index is -4.19. The third-order valence-corrected chi connectivity index (χ3v) is 7.46.